The van der Waals surface area contributed by atoms with Crippen molar-refractivity contribution in [1.82, 2.24) is 14.8 Å². The lowest BCUT2D eigenvalue weighted by Gasteiger charge is -2.32. The van der Waals surface area contributed by atoms with Crippen LogP contribution in [-0.2, 0) is 17.8 Å². The number of rotatable bonds is 3. The molecule has 0 saturated carbocycles. The van der Waals surface area contributed by atoms with E-state index in [9.17, 15) is 14.9 Å². The molecule has 0 atom stereocenters. The molecule has 0 radical (unpaired) electrons. The summed E-state index contributed by atoms with van der Waals surface area (Å²) in [4.78, 5) is 26.7. The summed E-state index contributed by atoms with van der Waals surface area (Å²) in [7, 11) is 0. The number of nitrogens with two attached hydrogens (primary N) is 1. The van der Waals surface area contributed by atoms with Gasteiger partial charge in [0.05, 0.1) is 29.1 Å². The highest BCUT2D eigenvalue weighted by Gasteiger charge is 2.32. The van der Waals surface area contributed by atoms with Crippen LogP contribution in [0.4, 0.5) is 4.79 Å². The first-order valence-electron chi connectivity index (χ1n) is 9.74. The van der Waals surface area contributed by atoms with Crippen molar-refractivity contribution < 1.29 is 14.3 Å². The number of nitriles is 1. The van der Waals surface area contributed by atoms with Crippen LogP contribution in [0.5, 0.6) is 0 Å². The Balaban J connectivity index is 1.67. The first-order valence-corrected chi connectivity index (χ1v) is 9.74. The van der Waals surface area contributed by atoms with E-state index >= 15 is 0 Å². The minimum Gasteiger partial charge on any atom is -0.381 e. The lowest BCUT2D eigenvalue weighted by Crippen LogP contribution is -2.49. The molecule has 1 fully saturated rings. The van der Waals surface area contributed by atoms with E-state index in [0.29, 0.717) is 37.7 Å². The van der Waals surface area contributed by atoms with Crippen molar-refractivity contribution in [3.63, 3.8) is 0 Å². The number of hydrogen-bond acceptors (Lipinski definition) is 4. The smallest absolute Gasteiger partial charge is 0.318 e. The van der Waals surface area contributed by atoms with Crippen molar-refractivity contribution in [2.24, 2.45) is 5.73 Å². The number of amides is 3. The first-order chi connectivity index (χ1) is 14.1. The van der Waals surface area contributed by atoms with Crippen LogP contribution < -0.4 is 11.1 Å². The van der Waals surface area contributed by atoms with E-state index in [1.807, 2.05) is 34.9 Å². The molecule has 1 aromatic carbocycles. The molecule has 29 heavy (non-hydrogen) atoms. The Bertz CT molecular complexity index is 970. The molecule has 150 valence electrons. The van der Waals surface area contributed by atoms with Gasteiger partial charge in [0.15, 0.2) is 0 Å². The van der Waals surface area contributed by atoms with Crippen LogP contribution in [0.25, 0.3) is 11.3 Å². The van der Waals surface area contributed by atoms with Gasteiger partial charge in [0.1, 0.15) is 6.07 Å². The average molecular weight is 393 g/mol. The lowest BCUT2D eigenvalue weighted by molar-refractivity contribution is 0.0774. The Morgan fingerprint density at radius 3 is 2.55 bits per heavy atom. The Morgan fingerprint density at radius 1 is 1.17 bits per heavy atom. The molecule has 4 rings (SSSR count). The van der Waals surface area contributed by atoms with E-state index in [1.54, 1.807) is 4.90 Å². The summed E-state index contributed by atoms with van der Waals surface area (Å²) in [6.45, 7) is 2.49. The van der Waals surface area contributed by atoms with Gasteiger partial charge in [-0.2, -0.15) is 5.26 Å². The third-order valence-electron chi connectivity index (χ3n) is 5.55. The number of fused-ring (bicyclic) bond motifs is 1. The van der Waals surface area contributed by atoms with E-state index < -0.39 is 5.91 Å². The van der Waals surface area contributed by atoms with Gasteiger partial charge in [-0.05, 0) is 18.4 Å². The molecule has 3 amide bonds. The van der Waals surface area contributed by atoms with Crippen LogP contribution in [0.3, 0.4) is 0 Å². The van der Waals surface area contributed by atoms with Crippen molar-refractivity contribution in [2.45, 2.75) is 32.0 Å². The molecule has 1 saturated heterocycles. The maximum atomic E-state index is 12.8. The van der Waals surface area contributed by atoms with Crippen LogP contribution in [-0.4, -0.2) is 47.2 Å². The van der Waals surface area contributed by atoms with Gasteiger partial charge in [0.25, 0.3) is 5.91 Å². The minimum absolute atomic E-state index is 0.0927. The molecule has 2 aliphatic rings. The number of aromatic nitrogens is 1. The predicted molar refractivity (Wildman–Crippen MR) is 106 cm³/mol. The highest BCUT2D eigenvalue weighted by molar-refractivity contribution is 5.99. The number of ether oxygens (including phenoxy) is 1. The largest absolute Gasteiger partial charge is 0.381 e. The van der Waals surface area contributed by atoms with Crippen LogP contribution in [0, 0.1) is 11.3 Å². The monoisotopic (exact) mass is 393 g/mol. The number of urea groups is 1. The molecular weight excluding hydrogens is 370 g/mol. The Kier molecular flexibility index (Phi) is 5.23. The molecule has 0 aliphatic carbocycles. The topological polar surface area (TPSA) is 113 Å². The normalized spacial score (nSPS) is 16.7. The molecule has 2 aliphatic heterocycles. The second-order valence-corrected chi connectivity index (χ2v) is 7.30. The zero-order valence-electron chi connectivity index (χ0n) is 16.1. The summed E-state index contributed by atoms with van der Waals surface area (Å²) in [6, 6.07) is 11.6. The van der Waals surface area contributed by atoms with Gasteiger partial charge in [-0.25, -0.2) is 4.79 Å². The zero-order valence-corrected chi connectivity index (χ0v) is 16.1. The van der Waals surface area contributed by atoms with Gasteiger partial charge < -0.3 is 25.3 Å². The molecular formula is C21H23N5O3. The van der Waals surface area contributed by atoms with Crippen molar-refractivity contribution in [2.75, 3.05) is 19.8 Å². The molecule has 0 spiro atoms. The fourth-order valence-electron chi connectivity index (χ4n) is 4.11. The van der Waals surface area contributed by atoms with Crippen LogP contribution in [0.15, 0.2) is 30.3 Å². The zero-order chi connectivity index (χ0) is 20.4. The van der Waals surface area contributed by atoms with Crippen molar-refractivity contribution in [3.8, 4) is 17.3 Å². The maximum Gasteiger partial charge on any atom is 0.318 e. The Labute approximate surface area is 168 Å². The molecule has 8 heteroatoms. The SMILES string of the molecule is N#Cc1c(C(N)=O)c2n(c1-c1ccccc1)CCN(C(=O)NC1CCOCC1)C2. The summed E-state index contributed by atoms with van der Waals surface area (Å²) in [6.07, 6.45) is 1.58. The van der Waals surface area contributed by atoms with Gasteiger partial charge >= 0.3 is 6.03 Å². The minimum atomic E-state index is -0.654. The van der Waals surface area contributed by atoms with E-state index in [1.165, 1.54) is 0 Å². The fourth-order valence-corrected chi connectivity index (χ4v) is 4.11. The highest BCUT2D eigenvalue weighted by atomic mass is 16.5. The second kappa shape index (κ2) is 7.97. The van der Waals surface area contributed by atoms with Crippen LogP contribution in [0.2, 0.25) is 0 Å². The van der Waals surface area contributed by atoms with E-state index in [0.717, 1.165) is 18.4 Å². The third-order valence-corrected chi connectivity index (χ3v) is 5.55. The quantitative estimate of drug-likeness (QED) is 0.828. The number of carbonyl (C=O) groups is 2. The van der Waals surface area contributed by atoms with Gasteiger partial charge in [-0.3, -0.25) is 4.79 Å². The highest BCUT2D eigenvalue weighted by Crippen LogP contribution is 2.34. The predicted octanol–water partition coefficient (Wildman–Crippen LogP) is 1.83. The summed E-state index contributed by atoms with van der Waals surface area (Å²) in [5.74, 6) is -0.654. The van der Waals surface area contributed by atoms with Gasteiger partial charge in [-0.1, -0.05) is 30.3 Å². The summed E-state index contributed by atoms with van der Waals surface area (Å²) >= 11 is 0. The fraction of sp³-hybridized carbons (Fsp3) is 0.381. The number of primary amides is 1. The Hall–Kier alpha value is -3.31. The Morgan fingerprint density at radius 2 is 1.90 bits per heavy atom. The van der Waals surface area contributed by atoms with Gasteiger partial charge in [-0.15, -0.1) is 0 Å². The third kappa shape index (κ3) is 3.57. The van der Waals surface area contributed by atoms with E-state index in [4.69, 9.17) is 10.5 Å². The second-order valence-electron chi connectivity index (χ2n) is 7.30. The van der Waals surface area contributed by atoms with Gasteiger partial charge in [0, 0.05) is 32.3 Å². The summed E-state index contributed by atoms with van der Waals surface area (Å²) < 4.78 is 7.29. The first kappa shape index (κ1) is 19.0. The van der Waals surface area contributed by atoms with Crippen molar-refractivity contribution in [1.29, 1.82) is 5.26 Å². The van der Waals surface area contributed by atoms with E-state index in [2.05, 4.69) is 11.4 Å². The van der Waals surface area contributed by atoms with Crippen molar-refractivity contribution in [3.05, 3.63) is 47.2 Å². The number of hydrogen-bond donors (Lipinski definition) is 2. The average Bonchev–Trinajstić information content (AvgIpc) is 3.08. The molecule has 3 N–H and O–H groups in total. The van der Waals surface area contributed by atoms with E-state index in [-0.39, 0.29) is 29.7 Å². The van der Waals surface area contributed by atoms with Crippen LogP contribution >= 0.6 is 0 Å². The molecule has 0 bridgehead atoms. The number of nitrogens with one attached hydrogen (secondary N) is 1. The summed E-state index contributed by atoms with van der Waals surface area (Å²) in [5.41, 5.74) is 8.25. The van der Waals surface area contributed by atoms with Crippen LogP contribution in [0.1, 0.15) is 34.5 Å². The number of carbonyl (C=O) groups excluding carboxylic acids is 2. The maximum absolute atomic E-state index is 12.8. The summed E-state index contributed by atoms with van der Waals surface area (Å²) in [5, 5.41) is 12.8. The number of benzene rings is 1. The molecule has 3 heterocycles. The molecule has 8 nitrogen and oxygen atoms in total. The number of nitrogens with zero attached hydrogens (tertiary/aromatic N) is 3. The standard InChI is InChI=1S/C21H23N5O3/c22-12-16-18(20(23)27)17-13-25(21(28)24-15-6-10-29-11-7-15)8-9-26(17)19(16)14-4-2-1-3-5-14/h1-5,15H,6-11,13H2,(H2,23,27)(H,24,28). The van der Waals surface area contributed by atoms with Crippen molar-refractivity contribution >= 4 is 11.9 Å². The molecule has 0 unspecified atom stereocenters. The molecule has 2 aromatic rings. The lowest BCUT2D eigenvalue weighted by atomic mass is 10.0. The molecule has 1 aromatic heterocycles. The van der Waals surface area contributed by atoms with Gasteiger partial charge in [0.2, 0.25) is 0 Å².